The van der Waals surface area contributed by atoms with Crippen LogP contribution in [0.2, 0.25) is 0 Å². The van der Waals surface area contributed by atoms with Crippen LogP contribution in [-0.4, -0.2) is 5.92 Å². The van der Waals surface area contributed by atoms with Crippen LogP contribution in [0.5, 0.6) is 0 Å². The molecular weight excluding hydrogens is 134 g/mol. The van der Waals surface area contributed by atoms with Gasteiger partial charge in [0.2, 0.25) is 5.92 Å². The van der Waals surface area contributed by atoms with Gasteiger partial charge in [0.1, 0.15) is 0 Å². The Morgan fingerprint density at radius 2 is 1.80 bits per heavy atom. The maximum absolute atomic E-state index is 12.7. The van der Waals surface area contributed by atoms with E-state index in [0.717, 1.165) is 0 Å². The normalized spacial score (nSPS) is 36.3. The van der Waals surface area contributed by atoms with Gasteiger partial charge in [-0.1, -0.05) is 20.8 Å². The van der Waals surface area contributed by atoms with Gasteiger partial charge in [0.25, 0.3) is 0 Å². The van der Waals surface area contributed by atoms with Crippen LogP contribution < -0.4 is 0 Å². The molecule has 1 rings (SSSR count). The molecule has 1 aliphatic rings. The molecule has 0 N–H and O–H groups in total. The van der Waals surface area contributed by atoms with Crippen molar-refractivity contribution >= 4 is 0 Å². The first-order chi connectivity index (χ1) is 4.33. The SMILES string of the molecule is CC1CC(F)(F)CC1(C)C. The summed E-state index contributed by atoms with van der Waals surface area (Å²) in [6, 6.07) is 0. The summed E-state index contributed by atoms with van der Waals surface area (Å²) in [6.07, 6.45) is 0.126. The summed E-state index contributed by atoms with van der Waals surface area (Å²) in [7, 11) is 0. The van der Waals surface area contributed by atoms with E-state index < -0.39 is 5.92 Å². The van der Waals surface area contributed by atoms with E-state index in [9.17, 15) is 8.78 Å². The molecule has 0 aromatic heterocycles. The summed E-state index contributed by atoms with van der Waals surface area (Å²) in [4.78, 5) is 0. The molecule has 0 radical (unpaired) electrons. The van der Waals surface area contributed by atoms with Crippen LogP contribution in [0.1, 0.15) is 33.6 Å². The van der Waals surface area contributed by atoms with E-state index in [1.807, 2.05) is 20.8 Å². The predicted molar refractivity (Wildman–Crippen MR) is 37.1 cm³/mol. The molecule has 1 saturated carbocycles. The highest BCUT2D eigenvalue weighted by atomic mass is 19.3. The zero-order valence-electron chi connectivity index (χ0n) is 6.75. The first kappa shape index (κ1) is 7.96. The van der Waals surface area contributed by atoms with Gasteiger partial charge in [0.05, 0.1) is 0 Å². The van der Waals surface area contributed by atoms with Gasteiger partial charge in [0, 0.05) is 12.8 Å². The maximum atomic E-state index is 12.7. The second-order valence-corrected chi connectivity index (χ2v) is 4.13. The summed E-state index contributed by atoms with van der Waals surface area (Å²) >= 11 is 0. The van der Waals surface area contributed by atoms with Crippen molar-refractivity contribution in [2.75, 3.05) is 0 Å². The van der Waals surface area contributed by atoms with Crippen molar-refractivity contribution in [3.8, 4) is 0 Å². The fraction of sp³-hybridized carbons (Fsp3) is 1.00. The van der Waals surface area contributed by atoms with Crippen LogP contribution in [0.3, 0.4) is 0 Å². The van der Waals surface area contributed by atoms with Gasteiger partial charge in [-0.05, 0) is 11.3 Å². The van der Waals surface area contributed by atoms with Crippen LogP contribution in [-0.2, 0) is 0 Å². The topological polar surface area (TPSA) is 0 Å². The molecule has 0 bridgehead atoms. The number of halogens is 2. The van der Waals surface area contributed by atoms with Crippen LogP contribution >= 0.6 is 0 Å². The van der Waals surface area contributed by atoms with E-state index in [1.165, 1.54) is 0 Å². The Bertz CT molecular complexity index is 138. The van der Waals surface area contributed by atoms with E-state index in [0.29, 0.717) is 0 Å². The summed E-state index contributed by atoms with van der Waals surface area (Å²) in [5, 5.41) is 0. The molecule has 60 valence electrons. The zero-order chi connectivity index (χ0) is 7.99. The molecule has 1 atom stereocenters. The van der Waals surface area contributed by atoms with Crippen molar-refractivity contribution in [1.29, 1.82) is 0 Å². The summed E-state index contributed by atoms with van der Waals surface area (Å²) in [5.74, 6) is -2.24. The van der Waals surface area contributed by atoms with Crippen LogP contribution in [0.15, 0.2) is 0 Å². The maximum Gasteiger partial charge on any atom is 0.248 e. The van der Waals surface area contributed by atoms with E-state index in [-0.39, 0.29) is 24.2 Å². The van der Waals surface area contributed by atoms with Gasteiger partial charge in [-0.2, -0.15) is 0 Å². The van der Waals surface area contributed by atoms with Crippen molar-refractivity contribution in [3.63, 3.8) is 0 Å². The monoisotopic (exact) mass is 148 g/mol. The van der Waals surface area contributed by atoms with Gasteiger partial charge >= 0.3 is 0 Å². The van der Waals surface area contributed by atoms with Gasteiger partial charge in [-0.3, -0.25) is 0 Å². The smallest absolute Gasteiger partial charge is 0.207 e. The third-order valence-corrected chi connectivity index (χ3v) is 2.65. The van der Waals surface area contributed by atoms with E-state index in [4.69, 9.17) is 0 Å². The summed E-state index contributed by atoms with van der Waals surface area (Å²) in [6.45, 7) is 5.73. The van der Waals surface area contributed by atoms with Crippen molar-refractivity contribution < 1.29 is 8.78 Å². The molecular formula is C8H14F2. The molecule has 0 heterocycles. The Morgan fingerprint density at radius 3 is 1.90 bits per heavy atom. The van der Waals surface area contributed by atoms with Gasteiger partial charge in [-0.15, -0.1) is 0 Å². The van der Waals surface area contributed by atoms with Gasteiger partial charge in [0.15, 0.2) is 0 Å². The van der Waals surface area contributed by atoms with Crippen molar-refractivity contribution in [2.24, 2.45) is 11.3 Å². The van der Waals surface area contributed by atoms with E-state index in [1.54, 1.807) is 0 Å². The molecule has 0 spiro atoms. The molecule has 0 aromatic rings. The first-order valence-electron chi connectivity index (χ1n) is 3.71. The van der Waals surface area contributed by atoms with E-state index in [2.05, 4.69) is 0 Å². The molecule has 2 heteroatoms. The fourth-order valence-electron chi connectivity index (χ4n) is 1.64. The first-order valence-corrected chi connectivity index (χ1v) is 3.71. The molecule has 0 aromatic carbocycles. The lowest BCUT2D eigenvalue weighted by Crippen LogP contribution is -2.15. The Labute approximate surface area is 60.6 Å². The summed E-state index contributed by atoms with van der Waals surface area (Å²) < 4.78 is 25.4. The number of rotatable bonds is 0. The van der Waals surface area contributed by atoms with E-state index >= 15 is 0 Å². The molecule has 0 nitrogen and oxygen atoms in total. The van der Waals surface area contributed by atoms with Gasteiger partial charge < -0.3 is 0 Å². The largest absolute Gasteiger partial charge is 0.248 e. The number of alkyl halides is 2. The lowest BCUT2D eigenvalue weighted by atomic mass is 9.83. The standard InChI is InChI=1S/C8H14F2/c1-6-4-8(9,10)5-7(6,2)3/h6H,4-5H2,1-3H3. The zero-order valence-corrected chi connectivity index (χ0v) is 6.75. The Morgan fingerprint density at radius 1 is 1.30 bits per heavy atom. The third-order valence-electron chi connectivity index (χ3n) is 2.65. The van der Waals surface area contributed by atoms with Crippen molar-refractivity contribution in [2.45, 2.75) is 39.5 Å². The number of hydrogen-bond donors (Lipinski definition) is 0. The minimum Gasteiger partial charge on any atom is -0.207 e. The Kier molecular flexibility index (Phi) is 1.53. The second kappa shape index (κ2) is 1.93. The molecule has 0 aliphatic heterocycles. The van der Waals surface area contributed by atoms with Crippen LogP contribution in [0, 0.1) is 11.3 Å². The second-order valence-electron chi connectivity index (χ2n) is 4.13. The highest BCUT2D eigenvalue weighted by Crippen LogP contribution is 2.50. The molecule has 1 fully saturated rings. The van der Waals surface area contributed by atoms with Crippen LogP contribution in [0.25, 0.3) is 0 Å². The summed E-state index contributed by atoms with van der Waals surface area (Å²) in [5.41, 5.74) is -0.163. The lowest BCUT2D eigenvalue weighted by molar-refractivity contribution is -0.00128. The molecule has 10 heavy (non-hydrogen) atoms. The Balaban J connectivity index is 2.71. The number of hydrogen-bond acceptors (Lipinski definition) is 0. The minimum absolute atomic E-state index is 0.0567. The predicted octanol–water partition coefficient (Wildman–Crippen LogP) is 3.08. The van der Waals surface area contributed by atoms with Gasteiger partial charge in [-0.25, -0.2) is 8.78 Å². The fourth-order valence-corrected chi connectivity index (χ4v) is 1.64. The average Bonchev–Trinajstić information content (AvgIpc) is 1.73. The lowest BCUT2D eigenvalue weighted by Gasteiger charge is -2.21. The molecule has 1 aliphatic carbocycles. The van der Waals surface area contributed by atoms with Crippen molar-refractivity contribution in [1.82, 2.24) is 0 Å². The Hall–Kier alpha value is -0.140. The van der Waals surface area contributed by atoms with Crippen LogP contribution in [0.4, 0.5) is 8.78 Å². The quantitative estimate of drug-likeness (QED) is 0.495. The highest BCUT2D eigenvalue weighted by molar-refractivity contribution is 4.91. The minimum atomic E-state index is -2.40. The average molecular weight is 148 g/mol. The third kappa shape index (κ3) is 1.30. The highest BCUT2D eigenvalue weighted by Gasteiger charge is 2.48. The molecule has 0 saturated heterocycles. The molecule has 0 amide bonds. The molecule has 1 unspecified atom stereocenters. The van der Waals surface area contributed by atoms with Crippen molar-refractivity contribution in [3.05, 3.63) is 0 Å².